The molecule has 0 amide bonds. The maximum absolute atomic E-state index is 13.4. The molecule has 132 valence electrons. The minimum atomic E-state index is -0.224. The number of halogens is 2. The smallest absolute Gasteiger partial charge is 0.193 e. The number of nitrogens with zero attached hydrogens (tertiary/aromatic N) is 3. The van der Waals surface area contributed by atoms with Crippen LogP contribution in [0, 0.1) is 5.82 Å². The Labute approximate surface area is 151 Å². The topological polar surface area (TPSA) is 40.1 Å². The van der Waals surface area contributed by atoms with Crippen molar-refractivity contribution in [2.75, 3.05) is 46.4 Å². The van der Waals surface area contributed by atoms with Gasteiger partial charge in [0, 0.05) is 50.3 Å². The van der Waals surface area contributed by atoms with Crippen LogP contribution in [0.15, 0.2) is 27.7 Å². The SMILES string of the molecule is CN=C(NCc1cc(F)ccc1Br)N1CCC(N2CCOCC2)C1. The second-order valence-electron chi connectivity index (χ2n) is 6.17. The van der Waals surface area contributed by atoms with Gasteiger partial charge in [-0.1, -0.05) is 15.9 Å². The normalized spacial score (nSPS) is 22.9. The van der Waals surface area contributed by atoms with Crippen molar-refractivity contribution in [3.05, 3.63) is 34.1 Å². The average Bonchev–Trinajstić information content (AvgIpc) is 3.09. The predicted octanol–water partition coefficient (Wildman–Crippen LogP) is 2.07. The number of likely N-dealkylation sites (tertiary alicyclic amines) is 1. The third kappa shape index (κ3) is 4.26. The lowest BCUT2D eigenvalue weighted by Crippen LogP contribution is -2.46. The second-order valence-corrected chi connectivity index (χ2v) is 7.03. The van der Waals surface area contributed by atoms with Crippen LogP contribution in [0.5, 0.6) is 0 Å². The van der Waals surface area contributed by atoms with Crippen LogP contribution >= 0.6 is 15.9 Å². The van der Waals surface area contributed by atoms with E-state index in [1.807, 2.05) is 0 Å². The van der Waals surface area contributed by atoms with Crippen LogP contribution in [0.2, 0.25) is 0 Å². The maximum Gasteiger partial charge on any atom is 0.193 e. The number of ether oxygens (including phenoxy) is 1. The Morgan fingerprint density at radius 3 is 2.92 bits per heavy atom. The molecule has 1 N–H and O–H groups in total. The number of hydrogen-bond acceptors (Lipinski definition) is 3. The highest BCUT2D eigenvalue weighted by Crippen LogP contribution is 2.19. The zero-order valence-electron chi connectivity index (χ0n) is 14.0. The third-order valence-electron chi connectivity index (χ3n) is 4.68. The summed E-state index contributed by atoms with van der Waals surface area (Å²) in [5, 5.41) is 3.36. The number of aliphatic imine (C=N–C) groups is 1. The number of guanidine groups is 1. The van der Waals surface area contributed by atoms with E-state index in [2.05, 4.69) is 36.0 Å². The van der Waals surface area contributed by atoms with Crippen molar-refractivity contribution in [3.8, 4) is 0 Å². The number of morpholine rings is 1. The Balaban J connectivity index is 1.56. The van der Waals surface area contributed by atoms with Gasteiger partial charge in [0.25, 0.3) is 0 Å². The summed E-state index contributed by atoms with van der Waals surface area (Å²) >= 11 is 3.47. The van der Waals surface area contributed by atoms with Gasteiger partial charge in [-0.15, -0.1) is 0 Å². The van der Waals surface area contributed by atoms with Crippen molar-refractivity contribution >= 4 is 21.9 Å². The number of hydrogen-bond donors (Lipinski definition) is 1. The highest BCUT2D eigenvalue weighted by atomic mass is 79.9. The molecule has 2 saturated heterocycles. The van der Waals surface area contributed by atoms with E-state index in [4.69, 9.17) is 4.74 Å². The largest absolute Gasteiger partial charge is 0.379 e. The molecule has 0 radical (unpaired) electrons. The monoisotopic (exact) mass is 398 g/mol. The molecule has 1 aromatic rings. The van der Waals surface area contributed by atoms with Crippen molar-refractivity contribution in [1.82, 2.24) is 15.1 Å². The maximum atomic E-state index is 13.4. The molecule has 1 unspecified atom stereocenters. The van der Waals surface area contributed by atoms with Crippen LogP contribution in [0.25, 0.3) is 0 Å². The summed E-state index contributed by atoms with van der Waals surface area (Å²) in [6, 6.07) is 5.30. The molecule has 7 heteroatoms. The summed E-state index contributed by atoms with van der Waals surface area (Å²) in [5.74, 6) is 0.653. The zero-order chi connectivity index (χ0) is 16.9. The second kappa shape index (κ2) is 8.27. The molecular formula is C17H24BrFN4O. The van der Waals surface area contributed by atoms with Crippen LogP contribution in [-0.4, -0.2) is 68.2 Å². The van der Waals surface area contributed by atoms with Crippen LogP contribution in [0.4, 0.5) is 4.39 Å². The highest BCUT2D eigenvalue weighted by Gasteiger charge is 2.30. The van der Waals surface area contributed by atoms with Crippen LogP contribution in [0.1, 0.15) is 12.0 Å². The summed E-state index contributed by atoms with van der Waals surface area (Å²) in [6.45, 7) is 6.20. The van der Waals surface area contributed by atoms with Gasteiger partial charge in [0.05, 0.1) is 13.2 Å². The number of nitrogens with one attached hydrogen (secondary N) is 1. The first-order valence-corrected chi connectivity index (χ1v) is 9.18. The first kappa shape index (κ1) is 17.6. The molecule has 2 aliphatic heterocycles. The van der Waals surface area contributed by atoms with Gasteiger partial charge in [-0.3, -0.25) is 9.89 Å². The van der Waals surface area contributed by atoms with E-state index >= 15 is 0 Å². The fourth-order valence-electron chi connectivity index (χ4n) is 3.36. The molecule has 5 nitrogen and oxygen atoms in total. The fourth-order valence-corrected chi connectivity index (χ4v) is 3.75. The van der Waals surface area contributed by atoms with Gasteiger partial charge < -0.3 is 15.0 Å². The first-order chi connectivity index (χ1) is 11.7. The van der Waals surface area contributed by atoms with E-state index in [0.29, 0.717) is 12.6 Å². The minimum absolute atomic E-state index is 0.224. The van der Waals surface area contributed by atoms with E-state index in [1.54, 1.807) is 19.2 Å². The molecule has 0 aliphatic carbocycles. The quantitative estimate of drug-likeness (QED) is 0.624. The van der Waals surface area contributed by atoms with Gasteiger partial charge >= 0.3 is 0 Å². The fraction of sp³-hybridized carbons (Fsp3) is 0.588. The average molecular weight is 399 g/mol. The van der Waals surface area contributed by atoms with Gasteiger partial charge in [-0.05, 0) is 30.2 Å². The van der Waals surface area contributed by atoms with E-state index in [0.717, 1.165) is 61.8 Å². The van der Waals surface area contributed by atoms with E-state index in [9.17, 15) is 4.39 Å². The third-order valence-corrected chi connectivity index (χ3v) is 5.46. The van der Waals surface area contributed by atoms with Gasteiger partial charge in [-0.2, -0.15) is 0 Å². The van der Waals surface area contributed by atoms with Crippen molar-refractivity contribution in [2.45, 2.75) is 19.0 Å². The molecule has 2 heterocycles. The van der Waals surface area contributed by atoms with Crippen LogP contribution in [0.3, 0.4) is 0 Å². The Hall–Kier alpha value is -1.18. The number of benzene rings is 1. The molecule has 2 aliphatic rings. The Bertz CT molecular complexity index is 592. The summed E-state index contributed by atoms with van der Waals surface area (Å²) in [4.78, 5) is 9.19. The molecule has 0 spiro atoms. The molecule has 1 atom stereocenters. The summed E-state index contributed by atoms with van der Waals surface area (Å²) in [7, 11) is 1.80. The lowest BCUT2D eigenvalue weighted by molar-refractivity contribution is 0.0195. The Morgan fingerprint density at radius 1 is 1.38 bits per heavy atom. The molecule has 24 heavy (non-hydrogen) atoms. The van der Waals surface area contributed by atoms with Gasteiger partial charge in [0.15, 0.2) is 5.96 Å². The van der Waals surface area contributed by atoms with Crippen molar-refractivity contribution < 1.29 is 9.13 Å². The molecular weight excluding hydrogens is 375 g/mol. The minimum Gasteiger partial charge on any atom is -0.379 e. The Kier molecular flexibility index (Phi) is 6.08. The van der Waals surface area contributed by atoms with Crippen LogP contribution in [-0.2, 0) is 11.3 Å². The molecule has 0 aromatic heterocycles. The molecule has 0 saturated carbocycles. The van der Waals surface area contributed by atoms with Crippen molar-refractivity contribution in [3.63, 3.8) is 0 Å². The van der Waals surface area contributed by atoms with Gasteiger partial charge in [0.1, 0.15) is 5.82 Å². The lowest BCUT2D eigenvalue weighted by Gasteiger charge is -2.32. The highest BCUT2D eigenvalue weighted by molar-refractivity contribution is 9.10. The Morgan fingerprint density at radius 2 is 2.17 bits per heavy atom. The standard InChI is InChI=1S/C17H24BrFN4O/c1-20-17(21-11-13-10-14(19)2-3-16(13)18)23-5-4-15(12-23)22-6-8-24-9-7-22/h2-3,10,15H,4-9,11-12H2,1H3,(H,20,21). The summed E-state index contributed by atoms with van der Waals surface area (Å²) in [6.07, 6.45) is 1.14. The molecule has 2 fully saturated rings. The molecule has 0 bridgehead atoms. The zero-order valence-corrected chi connectivity index (χ0v) is 15.6. The van der Waals surface area contributed by atoms with E-state index < -0.39 is 0 Å². The lowest BCUT2D eigenvalue weighted by atomic mass is 10.2. The van der Waals surface area contributed by atoms with E-state index in [-0.39, 0.29) is 5.82 Å². The molecule has 3 rings (SSSR count). The number of rotatable bonds is 3. The van der Waals surface area contributed by atoms with Gasteiger partial charge in [-0.25, -0.2) is 4.39 Å². The summed E-state index contributed by atoms with van der Waals surface area (Å²) in [5.41, 5.74) is 0.889. The summed E-state index contributed by atoms with van der Waals surface area (Å²) < 4.78 is 19.7. The first-order valence-electron chi connectivity index (χ1n) is 8.38. The molecule has 1 aromatic carbocycles. The van der Waals surface area contributed by atoms with Crippen LogP contribution < -0.4 is 5.32 Å². The van der Waals surface area contributed by atoms with E-state index in [1.165, 1.54) is 6.07 Å². The van der Waals surface area contributed by atoms with Crippen molar-refractivity contribution in [1.29, 1.82) is 0 Å². The van der Waals surface area contributed by atoms with Crippen molar-refractivity contribution in [2.24, 2.45) is 4.99 Å². The predicted molar refractivity (Wildman–Crippen MR) is 96.7 cm³/mol. The van der Waals surface area contributed by atoms with Gasteiger partial charge in [0.2, 0.25) is 0 Å².